The highest BCUT2D eigenvalue weighted by molar-refractivity contribution is 14.1. The minimum atomic E-state index is -0.665. The van der Waals surface area contributed by atoms with Crippen molar-refractivity contribution in [2.45, 2.75) is 0 Å². The summed E-state index contributed by atoms with van der Waals surface area (Å²) in [6.07, 6.45) is 1.35. The highest BCUT2D eigenvalue weighted by Crippen LogP contribution is 2.31. The SMILES string of the molecule is COc1ccc([N+](=O)[O-])cc1C(=O)N/N=C\c1cc(I)c(O)c(OC)c1. The Morgan fingerprint density at radius 3 is 2.58 bits per heavy atom. The molecule has 0 aliphatic carbocycles. The van der Waals surface area contributed by atoms with Gasteiger partial charge in [-0.3, -0.25) is 14.9 Å². The third kappa shape index (κ3) is 4.39. The van der Waals surface area contributed by atoms with Crippen LogP contribution in [0, 0.1) is 13.7 Å². The summed E-state index contributed by atoms with van der Waals surface area (Å²) >= 11 is 1.93. The lowest BCUT2D eigenvalue weighted by Gasteiger charge is -2.07. The number of rotatable bonds is 6. The minimum Gasteiger partial charge on any atom is -0.504 e. The molecule has 10 heteroatoms. The van der Waals surface area contributed by atoms with Gasteiger partial charge in [0.2, 0.25) is 0 Å². The molecule has 26 heavy (non-hydrogen) atoms. The minimum absolute atomic E-state index is 0.00983. The molecule has 0 spiro atoms. The van der Waals surface area contributed by atoms with Gasteiger partial charge in [0.15, 0.2) is 11.5 Å². The standard InChI is InChI=1S/C16H14IN3O6/c1-25-13-4-3-10(20(23)24)7-11(13)16(22)19-18-8-9-5-12(17)15(21)14(6-9)26-2/h3-8,21H,1-2H3,(H,19,22)/b18-8-. The van der Waals surface area contributed by atoms with E-state index in [1.54, 1.807) is 12.1 Å². The molecule has 0 aliphatic heterocycles. The molecular weight excluding hydrogens is 457 g/mol. The van der Waals surface area contributed by atoms with Gasteiger partial charge in [0.1, 0.15) is 5.75 Å². The highest BCUT2D eigenvalue weighted by atomic mass is 127. The number of carbonyl (C=O) groups is 1. The molecule has 0 atom stereocenters. The Kier molecular flexibility index (Phi) is 6.33. The number of ether oxygens (including phenoxy) is 2. The number of nitro groups is 1. The van der Waals surface area contributed by atoms with Crippen LogP contribution >= 0.6 is 22.6 Å². The lowest BCUT2D eigenvalue weighted by atomic mass is 10.1. The van der Waals surface area contributed by atoms with Crippen molar-refractivity contribution in [1.29, 1.82) is 0 Å². The van der Waals surface area contributed by atoms with Crippen LogP contribution in [-0.4, -0.2) is 36.4 Å². The van der Waals surface area contributed by atoms with Crippen LogP contribution in [-0.2, 0) is 0 Å². The largest absolute Gasteiger partial charge is 0.504 e. The number of hydrogen-bond donors (Lipinski definition) is 2. The van der Waals surface area contributed by atoms with Crippen molar-refractivity contribution in [2.75, 3.05) is 14.2 Å². The van der Waals surface area contributed by atoms with Crippen molar-refractivity contribution < 1.29 is 24.3 Å². The van der Waals surface area contributed by atoms with Gasteiger partial charge < -0.3 is 14.6 Å². The molecule has 2 aromatic carbocycles. The predicted octanol–water partition coefficient (Wildman–Crippen LogP) is 2.69. The third-order valence-corrected chi connectivity index (χ3v) is 4.11. The molecule has 0 aromatic heterocycles. The Morgan fingerprint density at radius 1 is 1.27 bits per heavy atom. The van der Waals surface area contributed by atoms with Crippen molar-refractivity contribution >= 4 is 40.4 Å². The summed E-state index contributed by atoms with van der Waals surface area (Å²) in [6.45, 7) is 0. The van der Waals surface area contributed by atoms with Crippen molar-refractivity contribution in [3.8, 4) is 17.2 Å². The van der Waals surface area contributed by atoms with E-state index in [9.17, 15) is 20.0 Å². The molecule has 0 unspecified atom stereocenters. The zero-order valence-electron chi connectivity index (χ0n) is 13.7. The number of nitrogens with zero attached hydrogens (tertiary/aromatic N) is 2. The number of hydrogen-bond acceptors (Lipinski definition) is 7. The summed E-state index contributed by atoms with van der Waals surface area (Å²) in [7, 11) is 2.77. The molecule has 2 aromatic rings. The number of aromatic hydroxyl groups is 1. The van der Waals surface area contributed by atoms with E-state index in [1.807, 2.05) is 22.6 Å². The van der Waals surface area contributed by atoms with Crippen LogP contribution in [0.25, 0.3) is 0 Å². The van der Waals surface area contributed by atoms with Gasteiger partial charge in [-0.05, 0) is 46.4 Å². The number of nitrogens with one attached hydrogen (secondary N) is 1. The molecule has 0 aliphatic rings. The Bertz CT molecular complexity index is 885. The lowest BCUT2D eigenvalue weighted by molar-refractivity contribution is -0.384. The van der Waals surface area contributed by atoms with Gasteiger partial charge in [-0.2, -0.15) is 5.10 Å². The summed E-state index contributed by atoms with van der Waals surface area (Å²) in [6, 6.07) is 6.87. The van der Waals surface area contributed by atoms with Gasteiger partial charge in [0.25, 0.3) is 11.6 Å². The zero-order valence-corrected chi connectivity index (χ0v) is 15.9. The van der Waals surface area contributed by atoms with Crippen LogP contribution in [0.4, 0.5) is 5.69 Å². The maximum atomic E-state index is 12.2. The van der Waals surface area contributed by atoms with Crippen molar-refractivity contribution in [3.63, 3.8) is 0 Å². The summed E-state index contributed by atoms with van der Waals surface area (Å²) < 4.78 is 10.6. The van der Waals surface area contributed by atoms with Gasteiger partial charge in [-0.1, -0.05) is 0 Å². The van der Waals surface area contributed by atoms with Gasteiger partial charge in [0.05, 0.1) is 34.5 Å². The first-order chi connectivity index (χ1) is 12.4. The van der Waals surface area contributed by atoms with Gasteiger partial charge in [-0.15, -0.1) is 0 Å². The first kappa shape index (κ1) is 19.4. The monoisotopic (exact) mass is 471 g/mol. The number of halogens is 1. The second kappa shape index (κ2) is 8.47. The molecule has 2 N–H and O–H groups in total. The van der Waals surface area contributed by atoms with Crippen LogP contribution < -0.4 is 14.9 Å². The molecule has 0 saturated heterocycles. The van der Waals surface area contributed by atoms with Crippen molar-refractivity contribution in [2.24, 2.45) is 5.10 Å². The van der Waals surface area contributed by atoms with Gasteiger partial charge >= 0.3 is 0 Å². The predicted molar refractivity (Wildman–Crippen MR) is 102 cm³/mol. The summed E-state index contributed by atoms with van der Waals surface area (Å²) in [5.74, 6) is -0.202. The molecule has 0 fully saturated rings. The van der Waals surface area contributed by atoms with Crippen LogP contribution in [0.3, 0.4) is 0 Å². The fourth-order valence-corrected chi connectivity index (χ4v) is 2.66. The molecule has 0 radical (unpaired) electrons. The first-order valence-corrected chi connectivity index (χ1v) is 8.17. The maximum Gasteiger partial charge on any atom is 0.275 e. The Balaban J connectivity index is 2.21. The highest BCUT2D eigenvalue weighted by Gasteiger charge is 2.17. The van der Waals surface area contributed by atoms with Crippen molar-refractivity contribution in [1.82, 2.24) is 5.43 Å². The summed E-state index contributed by atoms with van der Waals surface area (Å²) in [4.78, 5) is 22.5. The number of benzene rings is 2. The quantitative estimate of drug-likeness (QED) is 0.289. The van der Waals surface area contributed by atoms with Crippen LogP contribution in [0.15, 0.2) is 35.4 Å². The van der Waals surface area contributed by atoms with Crippen LogP contribution in [0.2, 0.25) is 0 Å². The Hall–Kier alpha value is -2.89. The normalized spacial score (nSPS) is 10.6. The Morgan fingerprint density at radius 2 is 1.96 bits per heavy atom. The maximum absolute atomic E-state index is 12.2. The number of carbonyl (C=O) groups excluding carboxylic acids is 1. The van der Waals surface area contributed by atoms with E-state index in [1.165, 1.54) is 32.6 Å². The van der Waals surface area contributed by atoms with E-state index in [2.05, 4.69) is 10.5 Å². The van der Waals surface area contributed by atoms with Gasteiger partial charge in [0, 0.05) is 12.1 Å². The van der Waals surface area contributed by atoms with E-state index in [0.717, 1.165) is 6.07 Å². The smallest absolute Gasteiger partial charge is 0.275 e. The van der Waals surface area contributed by atoms with E-state index < -0.39 is 10.8 Å². The lowest BCUT2D eigenvalue weighted by Crippen LogP contribution is -2.18. The van der Waals surface area contributed by atoms with Crippen LogP contribution in [0.5, 0.6) is 17.2 Å². The fraction of sp³-hybridized carbons (Fsp3) is 0.125. The molecule has 0 bridgehead atoms. The molecule has 9 nitrogen and oxygen atoms in total. The molecule has 0 saturated carbocycles. The van der Waals surface area contributed by atoms with E-state index in [-0.39, 0.29) is 28.5 Å². The van der Waals surface area contributed by atoms with E-state index in [0.29, 0.717) is 9.13 Å². The number of phenolic OH excluding ortho intramolecular Hbond substituents is 1. The molecule has 2 rings (SSSR count). The first-order valence-electron chi connectivity index (χ1n) is 7.09. The fourth-order valence-electron chi connectivity index (χ4n) is 2.04. The van der Waals surface area contributed by atoms with E-state index in [4.69, 9.17) is 9.47 Å². The number of methoxy groups -OCH3 is 2. The van der Waals surface area contributed by atoms with Gasteiger partial charge in [-0.25, -0.2) is 5.43 Å². The second-order valence-corrected chi connectivity index (χ2v) is 6.06. The Labute approximate surface area is 161 Å². The average Bonchev–Trinajstić information content (AvgIpc) is 2.63. The van der Waals surface area contributed by atoms with E-state index >= 15 is 0 Å². The topological polar surface area (TPSA) is 123 Å². The number of hydrazone groups is 1. The number of phenols is 1. The number of amides is 1. The average molecular weight is 471 g/mol. The zero-order chi connectivity index (χ0) is 19.3. The van der Waals surface area contributed by atoms with Crippen molar-refractivity contribution in [3.05, 3.63) is 55.1 Å². The second-order valence-electron chi connectivity index (χ2n) is 4.89. The third-order valence-electron chi connectivity index (χ3n) is 3.29. The summed E-state index contributed by atoms with van der Waals surface area (Å²) in [5, 5.41) is 24.5. The molecule has 136 valence electrons. The number of nitro benzene ring substituents is 1. The molecular formula is C16H14IN3O6. The summed E-state index contributed by atoms with van der Waals surface area (Å²) in [5.41, 5.74) is 2.61. The molecule has 0 heterocycles. The van der Waals surface area contributed by atoms with Crippen LogP contribution in [0.1, 0.15) is 15.9 Å². The number of non-ortho nitro benzene ring substituents is 1. The molecule has 1 amide bonds.